The molecule has 2 amide bonds. The van der Waals surface area contributed by atoms with Crippen LogP contribution in [0.1, 0.15) is 36.0 Å². The zero-order valence-electron chi connectivity index (χ0n) is 18.1. The number of benzene rings is 2. The van der Waals surface area contributed by atoms with E-state index in [1.165, 1.54) is 12.1 Å². The summed E-state index contributed by atoms with van der Waals surface area (Å²) < 4.78 is 73.1. The molecule has 2 saturated carbocycles. The Morgan fingerprint density at radius 1 is 1.09 bits per heavy atom. The Kier molecular flexibility index (Phi) is 5.75. The Hall–Kier alpha value is -2.79. The van der Waals surface area contributed by atoms with E-state index in [-0.39, 0.29) is 33.0 Å². The third-order valence-electron chi connectivity index (χ3n) is 7.07. The lowest BCUT2D eigenvalue weighted by molar-refractivity contribution is 0.00456. The highest BCUT2D eigenvalue weighted by Gasteiger charge is 2.57. The summed E-state index contributed by atoms with van der Waals surface area (Å²) >= 11 is 6.25. The van der Waals surface area contributed by atoms with E-state index in [0.717, 1.165) is 6.07 Å². The maximum Gasteiger partial charge on any atom is 0.407 e. The van der Waals surface area contributed by atoms with Gasteiger partial charge in [0.2, 0.25) is 0 Å². The summed E-state index contributed by atoms with van der Waals surface area (Å²) in [5.74, 6) is -5.97. The van der Waals surface area contributed by atoms with Gasteiger partial charge in [-0.25, -0.2) is 26.4 Å². The average molecular weight is 529 g/mol. The molecule has 0 unspecified atom stereocenters. The third-order valence-corrected chi connectivity index (χ3v) is 9.95. The summed E-state index contributed by atoms with van der Waals surface area (Å²) in [7, 11) is -3.98. The first-order chi connectivity index (χ1) is 16.5. The number of halogens is 4. The fraction of sp³-hybridized carbons (Fsp3) is 0.391. The van der Waals surface area contributed by atoms with E-state index in [1.54, 1.807) is 0 Å². The first-order valence-corrected chi connectivity index (χ1v) is 12.9. The van der Waals surface area contributed by atoms with Crippen molar-refractivity contribution in [2.45, 2.75) is 41.4 Å². The second-order valence-electron chi connectivity index (χ2n) is 9.29. The van der Waals surface area contributed by atoms with Crippen molar-refractivity contribution in [3.8, 4) is 0 Å². The van der Waals surface area contributed by atoms with Crippen molar-refractivity contribution in [1.29, 1.82) is 0 Å². The van der Waals surface area contributed by atoms with Gasteiger partial charge in [-0.15, -0.1) is 0 Å². The van der Waals surface area contributed by atoms with Gasteiger partial charge in [0.25, 0.3) is 5.91 Å². The molecule has 2 aromatic carbocycles. The van der Waals surface area contributed by atoms with Gasteiger partial charge in [-0.1, -0.05) is 11.6 Å². The lowest BCUT2D eigenvalue weighted by atomic mass is 9.77. The number of hydrogen-bond acceptors (Lipinski definition) is 5. The molecule has 12 heteroatoms. The molecular formula is C23H20ClF3N2O5S. The molecule has 7 nitrogen and oxygen atoms in total. The molecule has 5 rings (SSSR count). The Balaban J connectivity index is 1.41. The van der Waals surface area contributed by atoms with Gasteiger partial charge in [0.1, 0.15) is 5.60 Å². The van der Waals surface area contributed by atoms with Crippen LogP contribution in [0.3, 0.4) is 0 Å². The molecule has 3 aliphatic rings. The summed E-state index contributed by atoms with van der Waals surface area (Å²) in [5.41, 5.74) is -1.15. The summed E-state index contributed by atoms with van der Waals surface area (Å²) in [6.07, 6.45) is 1.63. The number of anilines is 1. The molecule has 0 radical (unpaired) electrons. The van der Waals surface area contributed by atoms with E-state index in [2.05, 4.69) is 10.6 Å². The maximum atomic E-state index is 13.7. The molecule has 2 aromatic rings. The van der Waals surface area contributed by atoms with Gasteiger partial charge in [0, 0.05) is 23.4 Å². The van der Waals surface area contributed by atoms with Crippen LogP contribution in [0.25, 0.3) is 0 Å². The zero-order chi connectivity index (χ0) is 25.1. The molecule has 1 heterocycles. The SMILES string of the molecule is O=C1NCC2(C[C@@H]3CC[C@@H](C2)C3S(=O)(=O)c2cc(C(=O)Nc3cc(F)c(F)c(F)c3)ccc2Cl)O1. The van der Waals surface area contributed by atoms with Crippen LogP contribution >= 0.6 is 11.6 Å². The minimum atomic E-state index is -3.98. The highest BCUT2D eigenvalue weighted by molar-refractivity contribution is 7.92. The van der Waals surface area contributed by atoms with E-state index in [4.69, 9.17) is 16.3 Å². The number of carbonyl (C=O) groups is 2. The van der Waals surface area contributed by atoms with Crippen LogP contribution in [0.5, 0.6) is 0 Å². The predicted octanol–water partition coefficient (Wildman–Crippen LogP) is 4.45. The maximum absolute atomic E-state index is 13.7. The molecule has 35 heavy (non-hydrogen) atoms. The van der Waals surface area contributed by atoms with E-state index in [1.807, 2.05) is 0 Å². The summed E-state index contributed by atoms with van der Waals surface area (Å²) in [6.45, 7) is 0.340. The van der Waals surface area contributed by atoms with Gasteiger partial charge in [-0.3, -0.25) is 4.79 Å². The first kappa shape index (κ1) is 23.9. The van der Waals surface area contributed by atoms with Gasteiger partial charge in [0.05, 0.1) is 21.7 Å². The fourth-order valence-corrected chi connectivity index (χ4v) is 8.54. The normalized spacial score (nSPS) is 27.5. The molecule has 2 N–H and O–H groups in total. The molecule has 1 aliphatic heterocycles. The van der Waals surface area contributed by atoms with Crippen LogP contribution in [0, 0.1) is 29.3 Å². The molecule has 2 bridgehead atoms. The largest absolute Gasteiger partial charge is 0.441 e. The third kappa shape index (κ3) is 4.14. The Bertz CT molecular complexity index is 1320. The van der Waals surface area contributed by atoms with Crippen molar-refractivity contribution < 1.29 is 35.9 Å². The summed E-state index contributed by atoms with van der Waals surface area (Å²) in [5, 5.41) is 4.07. The van der Waals surface area contributed by atoms with Gasteiger partial charge in [-0.2, -0.15) is 0 Å². The van der Waals surface area contributed by atoms with Crippen molar-refractivity contribution in [1.82, 2.24) is 5.32 Å². The van der Waals surface area contributed by atoms with Crippen LogP contribution in [0.15, 0.2) is 35.2 Å². The highest BCUT2D eigenvalue weighted by atomic mass is 35.5. The van der Waals surface area contributed by atoms with Gasteiger partial charge in [-0.05, 0) is 55.7 Å². The second kappa shape index (κ2) is 8.41. The molecule has 1 saturated heterocycles. The van der Waals surface area contributed by atoms with Crippen molar-refractivity contribution >= 4 is 39.1 Å². The number of rotatable bonds is 4. The number of hydrogen-bond donors (Lipinski definition) is 2. The van der Waals surface area contributed by atoms with Gasteiger partial charge in [0.15, 0.2) is 27.3 Å². The van der Waals surface area contributed by atoms with Gasteiger partial charge < -0.3 is 15.4 Å². The van der Waals surface area contributed by atoms with E-state index in [9.17, 15) is 31.2 Å². The molecule has 2 aliphatic carbocycles. The summed E-state index contributed by atoms with van der Waals surface area (Å²) in [4.78, 5) is 24.1. The number of nitrogens with one attached hydrogen (secondary N) is 2. The van der Waals surface area contributed by atoms with Crippen molar-refractivity contribution in [2.75, 3.05) is 11.9 Å². The molecular weight excluding hydrogens is 509 g/mol. The number of amides is 2. The molecule has 2 atom stereocenters. The average Bonchev–Trinajstić information content (AvgIpc) is 3.29. The quantitative estimate of drug-likeness (QED) is 0.571. The van der Waals surface area contributed by atoms with Crippen LogP contribution in [-0.2, 0) is 14.6 Å². The van der Waals surface area contributed by atoms with Crippen LogP contribution in [-0.4, -0.2) is 37.8 Å². The smallest absolute Gasteiger partial charge is 0.407 e. The van der Waals surface area contributed by atoms with Crippen LogP contribution < -0.4 is 10.6 Å². The first-order valence-electron chi connectivity index (χ1n) is 11.0. The lowest BCUT2D eigenvalue weighted by Crippen LogP contribution is -2.48. The number of ether oxygens (including phenoxy) is 1. The minimum absolute atomic E-state index is 0.0610. The van der Waals surface area contributed by atoms with Crippen LogP contribution in [0.2, 0.25) is 5.02 Å². The Morgan fingerprint density at radius 3 is 2.29 bits per heavy atom. The number of carbonyl (C=O) groups excluding carboxylic acids is 2. The van der Waals surface area contributed by atoms with Crippen molar-refractivity contribution in [3.05, 3.63) is 58.4 Å². The number of alkyl carbamates (subject to hydrolysis) is 1. The topological polar surface area (TPSA) is 102 Å². The fourth-order valence-electron chi connectivity index (χ4n) is 5.69. The Morgan fingerprint density at radius 2 is 1.71 bits per heavy atom. The second-order valence-corrected chi connectivity index (χ2v) is 11.8. The van der Waals surface area contributed by atoms with Crippen molar-refractivity contribution in [3.63, 3.8) is 0 Å². The molecule has 0 aromatic heterocycles. The molecule has 1 spiro atoms. The van der Waals surface area contributed by atoms with Crippen molar-refractivity contribution in [2.24, 2.45) is 11.8 Å². The van der Waals surface area contributed by atoms with E-state index >= 15 is 0 Å². The summed E-state index contributed by atoms with van der Waals surface area (Å²) in [6, 6.07) is 4.91. The van der Waals surface area contributed by atoms with Gasteiger partial charge >= 0.3 is 6.09 Å². The number of fused-ring (bicyclic) bond motifs is 2. The lowest BCUT2D eigenvalue weighted by Gasteiger charge is -2.40. The highest BCUT2D eigenvalue weighted by Crippen LogP contribution is 2.53. The monoisotopic (exact) mass is 528 g/mol. The zero-order valence-corrected chi connectivity index (χ0v) is 19.7. The molecule has 3 fully saturated rings. The van der Waals surface area contributed by atoms with E-state index < -0.39 is 50.1 Å². The minimum Gasteiger partial charge on any atom is -0.441 e. The number of sulfone groups is 1. The molecule has 186 valence electrons. The van der Waals surface area contributed by atoms with E-state index in [0.29, 0.717) is 44.4 Å². The predicted molar refractivity (Wildman–Crippen MR) is 119 cm³/mol. The standard InChI is InChI=1S/C23H20ClF3N2O5S/c24-15-4-3-11(21(30)29-14-6-16(25)19(27)17(26)7-14)5-18(15)35(32,33)20-12-1-2-13(20)9-23(8-12)10-28-22(31)34-23/h3-7,12-13,20H,1-2,8-10H2,(H,28,31)(H,29,30)/t12-,13-,20?,23?/m0/s1. The Labute approximate surface area is 203 Å². The van der Waals surface area contributed by atoms with Crippen LogP contribution in [0.4, 0.5) is 23.7 Å².